The summed E-state index contributed by atoms with van der Waals surface area (Å²) in [5.74, 6) is -0.365. The average Bonchev–Trinajstić information content (AvgIpc) is 2.40. The van der Waals surface area contributed by atoms with E-state index in [1.54, 1.807) is 12.1 Å². The molecule has 1 aliphatic carbocycles. The molecule has 2 rings (SSSR count). The van der Waals surface area contributed by atoms with Crippen LogP contribution >= 0.6 is 0 Å². The molecular weight excluding hydrogens is 204 g/mol. The van der Waals surface area contributed by atoms with E-state index in [9.17, 15) is 9.90 Å². The number of phenolic OH excluding ortho intramolecular Hbond substituents is 1. The van der Waals surface area contributed by atoms with Gasteiger partial charge in [-0.1, -0.05) is 12.5 Å². The van der Waals surface area contributed by atoms with E-state index in [2.05, 4.69) is 0 Å². The van der Waals surface area contributed by atoms with Crippen LogP contribution < -0.4 is 0 Å². The molecule has 16 heavy (non-hydrogen) atoms. The molecule has 86 valence electrons. The van der Waals surface area contributed by atoms with Crippen LogP contribution in [-0.4, -0.2) is 16.2 Å². The summed E-state index contributed by atoms with van der Waals surface area (Å²) in [5, 5.41) is 18.3. The Bertz CT molecular complexity index is 398. The Hall–Kier alpha value is -1.51. The van der Waals surface area contributed by atoms with Crippen molar-refractivity contribution in [1.82, 2.24) is 0 Å². The van der Waals surface area contributed by atoms with Crippen molar-refractivity contribution in [3.63, 3.8) is 0 Å². The predicted octanol–water partition coefficient (Wildman–Crippen LogP) is 2.68. The highest BCUT2D eigenvalue weighted by Gasteiger charge is 2.21. The molecule has 0 fully saturated rings. The van der Waals surface area contributed by atoms with Crippen molar-refractivity contribution in [3.05, 3.63) is 29.3 Å². The Labute approximate surface area is 94.7 Å². The minimum atomic E-state index is -0.745. The molecule has 0 bridgehead atoms. The minimum Gasteiger partial charge on any atom is -0.508 e. The van der Waals surface area contributed by atoms with Crippen molar-refractivity contribution in [1.29, 1.82) is 0 Å². The molecule has 0 saturated heterocycles. The number of aliphatic carboxylic acids is 1. The van der Waals surface area contributed by atoms with E-state index in [0.29, 0.717) is 0 Å². The number of aryl methyl sites for hydroxylation is 1. The van der Waals surface area contributed by atoms with Gasteiger partial charge < -0.3 is 10.2 Å². The highest BCUT2D eigenvalue weighted by molar-refractivity contribution is 5.68. The van der Waals surface area contributed by atoms with Crippen molar-refractivity contribution in [2.75, 3.05) is 0 Å². The number of benzene rings is 1. The topological polar surface area (TPSA) is 57.5 Å². The van der Waals surface area contributed by atoms with E-state index in [1.165, 1.54) is 0 Å². The lowest BCUT2D eigenvalue weighted by Gasteiger charge is -2.15. The molecule has 0 aromatic heterocycles. The van der Waals surface area contributed by atoms with Gasteiger partial charge in [0.1, 0.15) is 5.75 Å². The number of hydrogen-bond acceptors (Lipinski definition) is 2. The summed E-state index contributed by atoms with van der Waals surface area (Å²) in [5.41, 5.74) is 2.22. The van der Waals surface area contributed by atoms with Crippen molar-refractivity contribution in [2.45, 2.75) is 38.0 Å². The first-order valence-electron chi connectivity index (χ1n) is 5.70. The fraction of sp³-hybridized carbons (Fsp3) is 0.462. The number of aromatic hydroxyl groups is 1. The Kier molecular flexibility index (Phi) is 3.13. The van der Waals surface area contributed by atoms with Gasteiger partial charge in [-0.3, -0.25) is 4.79 Å². The third-order valence-corrected chi connectivity index (χ3v) is 3.24. The zero-order chi connectivity index (χ0) is 11.5. The zero-order valence-corrected chi connectivity index (χ0v) is 9.15. The molecule has 3 heteroatoms. The van der Waals surface area contributed by atoms with Gasteiger partial charge in [-0.25, -0.2) is 0 Å². The predicted molar refractivity (Wildman–Crippen MR) is 60.7 cm³/mol. The number of carbonyl (C=O) groups is 1. The van der Waals surface area contributed by atoms with Gasteiger partial charge in [-0.05, 0) is 48.4 Å². The third kappa shape index (κ3) is 2.35. The van der Waals surface area contributed by atoms with Crippen molar-refractivity contribution in [3.8, 4) is 5.75 Å². The second kappa shape index (κ2) is 4.56. The van der Waals surface area contributed by atoms with E-state index in [0.717, 1.165) is 36.8 Å². The lowest BCUT2D eigenvalue weighted by atomic mass is 9.90. The lowest BCUT2D eigenvalue weighted by Crippen LogP contribution is -2.06. The molecule has 1 aromatic carbocycles. The Morgan fingerprint density at radius 2 is 2.19 bits per heavy atom. The second-order valence-corrected chi connectivity index (χ2v) is 4.42. The fourth-order valence-electron chi connectivity index (χ4n) is 2.49. The molecular formula is C13H16O3. The number of fused-ring (bicyclic) bond motifs is 1. The average molecular weight is 220 g/mol. The molecule has 0 aliphatic heterocycles. The van der Waals surface area contributed by atoms with E-state index in [4.69, 9.17) is 5.11 Å². The quantitative estimate of drug-likeness (QED) is 0.753. The van der Waals surface area contributed by atoms with Crippen LogP contribution in [0.15, 0.2) is 18.2 Å². The molecule has 2 N–H and O–H groups in total. The molecule has 0 radical (unpaired) electrons. The zero-order valence-electron chi connectivity index (χ0n) is 9.15. The molecule has 0 spiro atoms. The number of carboxylic acids is 1. The molecule has 0 saturated carbocycles. The van der Waals surface area contributed by atoms with E-state index in [-0.39, 0.29) is 18.1 Å². The number of hydrogen-bond donors (Lipinski definition) is 2. The van der Waals surface area contributed by atoms with Gasteiger partial charge in [0.25, 0.3) is 0 Å². The van der Waals surface area contributed by atoms with Crippen LogP contribution in [0, 0.1) is 0 Å². The Morgan fingerprint density at radius 1 is 1.38 bits per heavy atom. The van der Waals surface area contributed by atoms with Gasteiger partial charge >= 0.3 is 5.97 Å². The summed E-state index contributed by atoms with van der Waals surface area (Å²) < 4.78 is 0. The summed E-state index contributed by atoms with van der Waals surface area (Å²) in [4.78, 5) is 10.8. The minimum absolute atomic E-state index is 0.107. The second-order valence-electron chi connectivity index (χ2n) is 4.42. The van der Waals surface area contributed by atoms with Crippen molar-refractivity contribution in [2.24, 2.45) is 0 Å². The maximum atomic E-state index is 10.8. The van der Waals surface area contributed by atoms with Gasteiger partial charge in [-0.15, -0.1) is 0 Å². The van der Waals surface area contributed by atoms with Crippen molar-refractivity contribution >= 4 is 5.97 Å². The normalized spacial score (nSPS) is 19.9. The molecule has 1 aromatic rings. The molecule has 0 heterocycles. The maximum absolute atomic E-state index is 10.8. The summed E-state index contributed by atoms with van der Waals surface area (Å²) in [6.07, 6.45) is 4.21. The molecule has 1 atom stereocenters. The number of rotatable bonds is 2. The third-order valence-electron chi connectivity index (χ3n) is 3.24. The van der Waals surface area contributed by atoms with Crippen LogP contribution in [0.2, 0.25) is 0 Å². The molecule has 0 amide bonds. The van der Waals surface area contributed by atoms with Crippen molar-refractivity contribution < 1.29 is 15.0 Å². The van der Waals surface area contributed by atoms with Crippen LogP contribution in [0.3, 0.4) is 0 Å². The SMILES string of the molecule is O=C(O)CC1CCCCc2cc(O)ccc21. The van der Waals surface area contributed by atoms with Crippen LogP contribution in [0.4, 0.5) is 0 Å². The monoisotopic (exact) mass is 220 g/mol. The van der Waals surface area contributed by atoms with Crippen LogP contribution in [0.5, 0.6) is 5.75 Å². The summed E-state index contributed by atoms with van der Waals surface area (Å²) in [7, 11) is 0. The molecule has 3 nitrogen and oxygen atoms in total. The summed E-state index contributed by atoms with van der Waals surface area (Å²) in [6.45, 7) is 0. The lowest BCUT2D eigenvalue weighted by molar-refractivity contribution is -0.137. The number of phenols is 1. The van der Waals surface area contributed by atoms with E-state index < -0.39 is 5.97 Å². The van der Waals surface area contributed by atoms with Gasteiger partial charge in [0, 0.05) is 0 Å². The fourth-order valence-corrected chi connectivity index (χ4v) is 2.49. The highest BCUT2D eigenvalue weighted by atomic mass is 16.4. The van der Waals surface area contributed by atoms with E-state index in [1.807, 2.05) is 6.07 Å². The first-order chi connectivity index (χ1) is 7.66. The number of carboxylic acid groups (broad SMARTS) is 1. The van der Waals surface area contributed by atoms with Crippen LogP contribution in [0.1, 0.15) is 42.7 Å². The Balaban J connectivity index is 2.32. The first-order valence-corrected chi connectivity index (χ1v) is 5.70. The van der Waals surface area contributed by atoms with Crippen LogP contribution in [0.25, 0.3) is 0 Å². The van der Waals surface area contributed by atoms with E-state index >= 15 is 0 Å². The molecule has 1 unspecified atom stereocenters. The largest absolute Gasteiger partial charge is 0.508 e. The highest BCUT2D eigenvalue weighted by Crippen LogP contribution is 2.34. The van der Waals surface area contributed by atoms with Gasteiger partial charge in [0.05, 0.1) is 6.42 Å². The summed E-state index contributed by atoms with van der Waals surface area (Å²) in [6, 6.07) is 5.30. The molecule has 1 aliphatic rings. The van der Waals surface area contributed by atoms with Gasteiger partial charge in [0.2, 0.25) is 0 Å². The Morgan fingerprint density at radius 3 is 2.94 bits per heavy atom. The first kappa shape index (κ1) is 11.0. The van der Waals surface area contributed by atoms with Crippen LogP contribution in [-0.2, 0) is 11.2 Å². The van der Waals surface area contributed by atoms with Gasteiger partial charge in [0.15, 0.2) is 0 Å². The smallest absolute Gasteiger partial charge is 0.303 e. The van der Waals surface area contributed by atoms with Gasteiger partial charge in [-0.2, -0.15) is 0 Å². The maximum Gasteiger partial charge on any atom is 0.303 e. The standard InChI is InChI=1S/C13H16O3/c14-11-5-6-12-9(7-11)3-1-2-4-10(12)8-13(15)16/h5-7,10,14H,1-4,8H2,(H,15,16). The summed E-state index contributed by atoms with van der Waals surface area (Å²) >= 11 is 0.